The van der Waals surface area contributed by atoms with Gasteiger partial charge in [-0.25, -0.2) is 4.99 Å². The summed E-state index contributed by atoms with van der Waals surface area (Å²) in [5, 5.41) is 6.08. The molecule has 0 spiro atoms. The molecule has 1 aromatic heterocycles. The fraction of sp³-hybridized carbons (Fsp3) is 0.667. The number of amides is 2. The van der Waals surface area contributed by atoms with Crippen molar-refractivity contribution in [1.29, 1.82) is 0 Å². The van der Waals surface area contributed by atoms with Gasteiger partial charge in [0.05, 0.1) is 18.8 Å². The molecule has 9 nitrogen and oxygen atoms in total. The highest BCUT2D eigenvalue weighted by molar-refractivity contribution is 14.0. The van der Waals surface area contributed by atoms with Crippen LogP contribution in [0.25, 0.3) is 0 Å². The quantitative estimate of drug-likeness (QED) is 0.303. The molecule has 2 fully saturated rings. The standard InChI is InChI=1S/C21H34N6O3.HI/c1-3-22-21(24-16-19(28)23-15-18-7-6-14-30-18)27-12-10-25(11-13-27)17(2)20(29)26-8-4-5-9-26;/h6-7,14,17H,3-5,8-13,15-16H2,1-2H3,(H,22,24)(H,23,28);1H. The van der Waals surface area contributed by atoms with E-state index in [4.69, 9.17) is 4.42 Å². The molecule has 31 heavy (non-hydrogen) atoms. The van der Waals surface area contributed by atoms with E-state index in [2.05, 4.69) is 25.4 Å². The first-order valence-corrected chi connectivity index (χ1v) is 10.9. The average Bonchev–Trinajstić information content (AvgIpc) is 3.48. The number of hydrogen-bond acceptors (Lipinski definition) is 5. The maximum atomic E-state index is 12.7. The summed E-state index contributed by atoms with van der Waals surface area (Å²) < 4.78 is 5.22. The van der Waals surface area contributed by atoms with Crippen molar-refractivity contribution in [2.45, 2.75) is 39.3 Å². The van der Waals surface area contributed by atoms with Crippen molar-refractivity contribution < 1.29 is 14.0 Å². The summed E-state index contributed by atoms with van der Waals surface area (Å²) in [5.74, 6) is 1.55. The van der Waals surface area contributed by atoms with E-state index >= 15 is 0 Å². The Kier molecular flexibility index (Phi) is 10.6. The normalized spacial score (nSPS) is 18.5. The van der Waals surface area contributed by atoms with Crippen molar-refractivity contribution >= 4 is 41.8 Å². The highest BCUT2D eigenvalue weighted by atomic mass is 127. The molecular formula is C21H35IN6O3. The Hall–Kier alpha value is -1.82. The Morgan fingerprint density at radius 2 is 1.81 bits per heavy atom. The molecule has 2 amide bonds. The molecule has 174 valence electrons. The van der Waals surface area contributed by atoms with E-state index in [1.54, 1.807) is 12.3 Å². The van der Waals surface area contributed by atoms with E-state index in [0.717, 1.165) is 64.6 Å². The third kappa shape index (κ3) is 7.37. The van der Waals surface area contributed by atoms with Crippen molar-refractivity contribution in [3.63, 3.8) is 0 Å². The van der Waals surface area contributed by atoms with Gasteiger partial charge in [0.25, 0.3) is 0 Å². The predicted molar refractivity (Wildman–Crippen MR) is 130 cm³/mol. The van der Waals surface area contributed by atoms with E-state index < -0.39 is 0 Å². The molecule has 0 saturated carbocycles. The number of aliphatic imine (C=N–C) groups is 1. The van der Waals surface area contributed by atoms with E-state index in [9.17, 15) is 9.59 Å². The number of carbonyl (C=O) groups excluding carboxylic acids is 2. The Morgan fingerprint density at radius 3 is 2.42 bits per heavy atom. The molecule has 1 aromatic rings. The Labute approximate surface area is 201 Å². The van der Waals surface area contributed by atoms with Crippen molar-refractivity contribution in [2.75, 3.05) is 52.4 Å². The highest BCUT2D eigenvalue weighted by Crippen LogP contribution is 2.14. The fourth-order valence-electron chi connectivity index (χ4n) is 3.91. The van der Waals surface area contributed by atoms with Gasteiger partial charge in [-0.05, 0) is 38.8 Å². The molecule has 2 N–H and O–H groups in total. The van der Waals surface area contributed by atoms with Crippen molar-refractivity contribution in [3.05, 3.63) is 24.2 Å². The molecule has 0 radical (unpaired) electrons. The van der Waals surface area contributed by atoms with Crippen molar-refractivity contribution in [2.24, 2.45) is 4.99 Å². The van der Waals surface area contributed by atoms with Crippen molar-refractivity contribution in [1.82, 2.24) is 25.3 Å². The lowest BCUT2D eigenvalue weighted by molar-refractivity contribution is -0.135. The third-order valence-corrected chi connectivity index (χ3v) is 5.68. The SMILES string of the molecule is CCNC(=NCC(=O)NCc1ccco1)N1CCN(C(C)C(=O)N2CCCC2)CC1.I. The van der Waals surface area contributed by atoms with Crippen LogP contribution < -0.4 is 10.6 Å². The van der Waals surface area contributed by atoms with E-state index in [-0.39, 0.29) is 48.4 Å². The molecule has 2 saturated heterocycles. The Balaban J connectivity index is 0.00000341. The van der Waals surface area contributed by atoms with Gasteiger partial charge in [-0.2, -0.15) is 0 Å². The minimum Gasteiger partial charge on any atom is -0.467 e. The summed E-state index contributed by atoms with van der Waals surface area (Å²) in [5.41, 5.74) is 0. The van der Waals surface area contributed by atoms with Gasteiger partial charge in [0, 0.05) is 45.8 Å². The van der Waals surface area contributed by atoms with Gasteiger partial charge in [-0.3, -0.25) is 14.5 Å². The Bertz CT molecular complexity index is 713. The van der Waals surface area contributed by atoms with E-state index in [0.29, 0.717) is 12.3 Å². The van der Waals surface area contributed by atoms with E-state index in [1.165, 1.54) is 0 Å². The second-order valence-electron chi connectivity index (χ2n) is 7.76. The summed E-state index contributed by atoms with van der Waals surface area (Å²) in [7, 11) is 0. The van der Waals surface area contributed by atoms with Gasteiger partial charge in [0.15, 0.2) is 5.96 Å². The number of piperazine rings is 1. The van der Waals surface area contributed by atoms with Crippen LogP contribution in [-0.4, -0.2) is 90.9 Å². The van der Waals surface area contributed by atoms with Crippen LogP contribution in [0.15, 0.2) is 27.8 Å². The van der Waals surface area contributed by atoms with Gasteiger partial charge in [-0.15, -0.1) is 24.0 Å². The van der Waals surface area contributed by atoms with Gasteiger partial charge in [-0.1, -0.05) is 0 Å². The molecule has 3 rings (SSSR count). The maximum absolute atomic E-state index is 12.7. The maximum Gasteiger partial charge on any atom is 0.242 e. The highest BCUT2D eigenvalue weighted by Gasteiger charge is 2.30. The lowest BCUT2D eigenvalue weighted by Gasteiger charge is -2.39. The smallest absolute Gasteiger partial charge is 0.242 e. The summed E-state index contributed by atoms with van der Waals surface area (Å²) >= 11 is 0. The number of guanidine groups is 1. The van der Waals surface area contributed by atoms with Gasteiger partial charge in [0.2, 0.25) is 11.8 Å². The summed E-state index contributed by atoms with van der Waals surface area (Å²) in [6.07, 6.45) is 3.82. The minimum absolute atomic E-state index is 0. The number of nitrogens with one attached hydrogen (secondary N) is 2. The van der Waals surface area contributed by atoms with Gasteiger partial charge in [0.1, 0.15) is 12.3 Å². The molecule has 2 aliphatic rings. The number of carbonyl (C=O) groups is 2. The minimum atomic E-state index is -0.148. The molecule has 10 heteroatoms. The molecule has 0 aromatic carbocycles. The Morgan fingerprint density at radius 1 is 1.10 bits per heavy atom. The largest absolute Gasteiger partial charge is 0.467 e. The molecular weight excluding hydrogens is 511 g/mol. The van der Waals surface area contributed by atoms with Gasteiger partial charge < -0.3 is 24.9 Å². The molecule has 1 unspecified atom stereocenters. The number of furan rings is 1. The van der Waals surface area contributed by atoms with Crippen LogP contribution in [0, 0.1) is 0 Å². The lowest BCUT2D eigenvalue weighted by atomic mass is 10.2. The monoisotopic (exact) mass is 546 g/mol. The zero-order chi connectivity index (χ0) is 21.3. The predicted octanol–water partition coefficient (Wildman–Crippen LogP) is 1.11. The molecule has 1 atom stereocenters. The van der Waals surface area contributed by atoms with Crippen molar-refractivity contribution in [3.8, 4) is 0 Å². The first-order valence-electron chi connectivity index (χ1n) is 10.9. The summed E-state index contributed by atoms with van der Waals surface area (Å²) in [6.45, 7) is 10.1. The molecule has 0 bridgehead atoms. The topological polar surface area (TPSA) is 93.4 Å². The number of likely N-dealkylation sites (tertiary alicyclic amines) is 1. The van der Waals surface area contributed by atoms with Crippen LogP contribution in [0.4, 0.5) is 0 Å². The average molecular weight is 546 g/mol. The van der Waals surface area contributed by atoms with Crippen LogP contribution in [0.5, 0.6) is 0 Å². The zero-order valence-corrected chi connectivity index (χ0v) is 20.8. The van der Waals surface area contributed by atoms with Crippen LogP contribution in [0.1, 0.15) is 32.4 Å². The zero-order valence-electron chi connectivity index (χ0n) is 18.5. The molecule has 0 aliphatic carbocycles. The summed E-state index contributed by atoms with van der Waals surface area (Å²) in [4.78, 5) is 35.7. The number of rotatable bonds is 7. The second kappa shape index (κ2) is 12.9. The number of halogens is 1. The lowest BCUT2D eigenvalue weighted by Crippen LogP contribution is -2.57. The van der Waals surface area contributed by atoms with E-state index in [1.807, 2.05) is 24.8 Å². The van der Waals surface area contributed by atoms with Crippen LogP contribution in [0.3, 0.4) is 0 Å². The van der Waals surface area contributed by atoms with Crippen LogP contribution >= 0.6 is 24.0 Å². The first-order chi connectivity index (χ1) is 14.6. The third-order valence-electron chi connectivity index (χ3n) is 5.68. The number of hydrogen-bond donors (Lipinski definition) is 2. The second-order valence-corrected chi connectivity index (χ2v) is 7.76. The molecule has 3 heterocycles. The van der Waals surface area contributed by atoms with Crippen LogP contribution in [-0.2, 0) is 16.1 Å². The van der Waals surface area contributed by atoms with Crippen LogP contribution in [0.2, 0.25) is 0 Å². The summed E-state index contributed by atoms with van der Waals surface area (Å²) in [6, 6.07) is 3.53. The first kappa shape index (κ1) is 25.4. The fourth-order valence-corrected chi connectivity index (χ4v) is 3.91. The van der Waals surface area contributed by atoms with Gasteiger partial charge >= 0.3 is 0 Å². The molecule has 2 aliphatic heterocycles. The number of nitrogens with zero attached hydrogens (tertiary/aromatic N) is 4.